The van der Waals surface area contributed by atoms with E-state index in [0.717, 1.165) is 69.7 Å². The number of piperazine rings is 1. The third-order valence-electron chi connectivity index (χ3n) is 9.54. The fourth-order valence-corrected chi connectivity index (χ4v) is 7.26. The van der Waals surface area contributed by atoms with Gasteiger partial charge in [-0.1, -0.05) is 40.5 Å². The van der Waals surface area contributed by atoms with Gasteiger partial charge < -0.3 is 25.2 Å². The summed E-state index contributed by atoms with van der Waals surface area (Å²) in [6, 6.07) is 5.28. The molecule has 3 saturated heterocycles. The summed E-state index contributed by atoms with van der Waals surface area (Å²) in [5.74, 6) is -0.873. The zero-order valence-corrected chi connectivity index (χ0v) is 23.4. The molecular formula is C30H44N4O4. The van der Waals surface area contributed by atoms with Gasteiger partial charge in [-0.15, -0.1) is 0 Å². The van der Waals surface area contributed by atoms with E-state index in [1.807, 2.05) is 18.2 Å². The van der Waals surface area contributed by atoms with Crippen molar-refractivity contribution in [2.75, 3.05) is 50.8 Å². The molecule has 1 aromatic carbocycles. The number of benzene rings is 1. The predicted molar refractivity (Wildman–Crippen MR) is 147 cm³/mol. The molecule has 4 aliphatic rings. The van der Waals surface area contributed by atoms with Crippen molar-refractivity contribution in [3.05, 3.63) is 29.3 Å². The number of fused-ring (bicyclic) bond motifs is 1. The molecule has 5 rings (SSSR count). The second-order valence-electron chi connectivity index (χ2n) is 12.7. The molecule has 8 nitrogen and oxygen atoms in total. The average molecular weight is 525 g/mol. The number of anilines is 1. The molecule has 2 amide bonds. The van der Waals surface area contributed by atoms with Crippen LogP contribution >= 0.6 is 0 Å². The van der Waals surface area contributed by atoms with Crippen LogP contribution in [0.2, 0.25) is 0 Å². The summed E-state index contributed by atoms with van der Waals surface area (Å²) in [4.78, 5) is 46.8. The Bertz CT molecular complexity index is 1070. The lowest BCUT2D eigenvalue weighted by atomic mass is 9.78. The number of amides is 2. The number of likely N-dealkylation sites (tertiary alicyclic amines) is 1. The number of nitrogens with two attached hydrogens (primary N) is 1. The Hall–Kier alpha value is -2.45. The van der Waals surface area contributed by atoms with Crippen LogP contribution in [-0.2, 0) is 14.3 Å². The number of likely N-dealkylation sites (N-methyl/N-ethyl adjacent to an activating group) is 1. The monoisotopic (exact) mass is 524 g/mol. The number of primary amides is 1. The van der Waals surface area contributed by atoms with Crippen LogP contribution in [-0.4, -0.2) is 85.4 Å². The van der Waals surface area contributed by atoms with E-state index >= 15 is 0 Å². The Kier molecular flexibility index (Phi) is 7.57. The largest absolute Gasteiger partial charge is 0.369 e. The lowest BCUT2D eigenvalue weighted by Crippen LogP contribution is -2.46. The molecule has 3 heterocycles. The van der Waals surface area contributed by atoms with E-state index in [1.165, 1.54) is 0 Å². The second-order valence-corrected chi connectivity index (χ2v) is 12.7. The summed E-state index contributed by atoms with van der Waals surface area (Å²) >= 11 is 0. The molecule has 0 radical (unpaired) electrons. The van der Waals surface area contributed by atoms with E-state index in [2.05, 4.69) is 37.5 Å². The van der Waals surface area contributed by atoms with E-state index < -0.39 is 17.9 Å². The van der Waals surface area contributed by atoms with Crippen LogP contribution in [0.15, 0.2) is 18.2 Å². The third-order valence-corrected chi connectivity index (χ3v) is 9.54. The number of hydrogen-bond acceptors (Lipinski definition) is 6. The molecule has 3 aliphatic heterocycles. The lowest BCUT2D eigenvalue weighted by molar-refractivity contribution is -0.139. The Morgan fingerprint density at radius 2 is 1.79 bits per heavy atom. The summed E-state index contributed by atoms with van der Waals surface area (Å²) in [5.41, 5.74) is 7.97. The Labute approximate surface area is 226 Å². The molecule has 0 spiro atoms. The van der Waals surface area contributed by atoms with Crippen molar-refractivity contribution in [1.82, 2.24) is 9.80 Å². The maximum atomic E-state index is 14.6. The van der Waals surface area contributed by atoms with E-state index in [9.17, 15) is 14.4 Å². The number of nitrogens with zero attached hydrogens (tertiary/aromatic N) is 3. The van der Waals surface area contributed by atoms with Gasteiger partial charge in [0, 0.05) is 49.9 Å². The maximum Gasteiger partial charge on any atom is 0.249 e. The van der Waals surface area contributed by atoms with Gasteiger partial charge in [-0.2, -0.15) is 0 Å². The van der Waals surface area contributed by atoms with Crippen molar-refractivity contribution in [2.45, 2.75) is 71.4 Å². The molecule has 1 saturated carbocycles. The number of carbonyl (C=O) groups excluding carboxylic acids is 3. The highest BCUT2D eigenvalue weighted by Crippen LogP contribution is 2.46. The SMILES string of the molecule is CCN1CCN(c2ccc(C(N)=O)c([C@@H](C(=O)N3C[C@@H](C(C)(C)C)[C@H]4OCC(=O)[C@H]43)C3CCCC3)c2)CC1. The van der Waals surface area contributed by atoms with Crippen LogP contribution in [0.5, 0.6) is 0 Å². The van der Waals surface area contributed by atoms with Gasteiger partial charge in [-0.3, -0.25) is 14.4 Å². The number of carbonyl (C=O) groups is 3. The van der Waals surface area contributed by atoms with Crippen LogP contribution < -0.4 is 10.6 Å². The predicted octanol–water partition coefficient (Wildman–Crippen LogP) is 3.04. The number of rotatable bonds is 6. The fraction of sp³-hybridized carbons (Fsp3) is 0.700. The highest BCUT2D eigenvalue weighted by atomic mass is 16.5. The van der Waals surface area contributed by atoms with E-state index in [0.29, 0.717) is 12.1 Å². The molecule has 208 valence electrons. The first kappa shape index (κ1) is 27.1. The molecule has 0 bridgehead atoms. The van der Waals surface area contributed by atoms with Gasteiger partial charge in [0.25, 0.3) is 0 Å². The lowest BCUT2D eigenvalue weighted by Gasteiger charge is -2.36. The molecule has 0 unspecified atom stereocenters. The van der Waals surface area contributed by atoms with Gasteiger partial charge in [-0.05, 0) is 54.5 Å². The Morgan fingerprint density at radius 3 is 2.39 bits per heavy atom. The standard InChI is InChI=1S/C30H44N4O4/c1-5-32-12-14-33(15-13-32)20-10-11-21(28(31)36)22(16-20)25(19-8-6-7-9-19)29(37)34-17-23(30(2,3)4)27-26(34)24(35)18-38-27/h10-11,16,19,23,25-27H,5-9,12-15,17-18H2,1-4H3,(H2,31,36)/t23-,25+,26-,27-/m1/s1. The molecule has 38 heavy (non-hydrogen) atoms. The minimum Gasteiger partial charge on any atom is -0.369 e. The summed E-state index contributed by atoms with van der Waals surface area (Å²) in [6.45, 7) is 14.0. The summed E-state index contributed by atoms with van der Waals surface area (Å²) in [7, 11) is 0. The number of Topliss-reactive ketones (excluding diaryl/α,β-unsaturated/α-hetero) is 1. The maximum absolute atomic E-state index is 14.6. The number of ether oxygens (including phenoxy) is 1. The number of ketones is 1. The average Bonchev–Trinajstić information content (AvgIpc) is 3.63. The van der Waals surface area contributed by atoms with E-state index in [1.54, 1.807) is 4.90 Å². The molecule has 4 atom stereocenters. The van der Waals surface area contributed by atoms with Gasteiger partial charge in [0.1, 0.15) is 12.6 Å². The van der Waals surface area contributed by atoms with E-state index in [4.69, 9.17) is 10.5 Å². The fourth-order valence-electron chi connectivity index (χ4n) is 7.26. The summed E-state index contributed by atoms with van der Waals surface area (Å²) in [6.07, 6.45) is 3.73. The normalized spacial score (nSPS) is 27.7. The van der Waals surface area contributed by atoms with Crippen molar-refractivity contribution in [2.24, 2.45) is 23.0 Å². The number of hydrogen-bond donors (Lipinski definition) is 1. The van der Waals surface area contributed by atoms with E-state index in [-0.39, 0.29) is 41.7 Å². The zero-order chi connectivity index (χ0) is 27.2. The van der Waals surface area contributed by atoms with Gasteiger partial charge in [0.15, 0.2) is 5.78 Å². The van der Waals surface area contributed by atoms with Crippen molar-refractivity contribution in [3.8, 4) is 0 Å². The topological polar surface area (TPSA) is 96.2 Å². The molecule has 1 aromatic rings. The third kappa shape index (κ3) is 4.97. The Morgan fingerprint density at radius 1 is 1.11 bits per heavy atom. The molecule has 4 fully saturated rings. The smallest absolute Gasteiger partial charge is 0.249 e. The molecule has 0 aromatic heterocycles. The van der Waals surface area contributed by atoms with Crippen molar-refractivity contribution >= 4 is 23.3 Å². The summed E-state index contributed by atoms with van der Waals surface area (Å²) < 4.78 is 5.97. The Balaban J connectivity index is 1.53. The first-order valence-electron chi connectivity index (χ1n) is 14.5. The molecule has 1 aliphatic carbocycles. The molecular weight excluding hydrogens is 480 g/mol. The first-order chi connectivity index (χ1) is 18.1. The van der Waals surface area contributed by atoms with Crippen LogP contribution in [0.3, 0.4) is 0 Å². The van der Waals surface area contributed by atoms with Crippen molar-refractivity contribution in [1.29, 1.82) is 0 Å². The quantitative estimate of drug-likeness (QED) is 0.615. The second kappa shape index (κ2) is 10.6. The molecule has 8 heteroatoms. The van der Waals surface area contributed by atoms with Crippen LogP contribution in [0.1, 0.15) is 75.2 Å². The minimum absolute atomic E-state index is 0.0158. The van der Waals surface area contributed by atoms with Gasteiger partial charge in [0.05, 0.1) is 12.0 Å². The highest BCUT2D eigenvalue weighted by Gasteiger charge is 2.56. The summed E-state index contributed by atoms with van der Waals surface area (Å²) in [5, 5.41) is 0. The van der Waals surface area contributed by atoms with Gasteiger partial charge in [0.2, 0.25) is 11.8 Å². The minimum atomic E-state index is -0.544. The van der Waals surface area contributed by atoms with Crippen LogP contribution in [0, 0.1) is 17.3 Å². The highest BCUT2D eigenvalue weighted by molar-refractivity contribution is 5.99. The zero-order valence-electron chi connectivity index (χ0n) is 23.4. The molecule has 2 N–H and O–H groups in total. The van der Waals surface area contributed by atoms with Gasteiger partial charge in [-0.25, -0.2) is 0 Å². The van der Waals surface area contributed by atoms with Crippen molar-refractivity contribution in [3.63, 3.8) is 0 Å². The van der Waals surface area contributed by atoms with Crippen LogP contribution in [0.4, 0.5) is 5.69 Å². The first-order valence-corrected chi connectivity index (χ1v) is 14.5. The van der Waals surface area contributed by atoms with Crippen molar-refractivity contribution < 1.29 is 19.1 Å². The van der Waals surface area contributed by atoms with Gasteiger partial charge >= 0.3 is 0 Å². The van der Waals surface area contributed by atoms with Crippen LogP contribution in [0.25, 0.3) is 0 Å².